The Morgan fingerprint density at radius 3 is 3.00 bits per heavy atom. The van der Waals surface area contributed by atoms with Crippen molar-refractivity contribution < 1.29 is 4.79 Å². The summed E-state index contributed by atoms with van der Waals surface area (Å²) in [5.74, 6) is 0.770. The summed E-state index contributed by atoms with van der Waals surface area (Å²) in [7, 11) is 0. The van der Waals surface area contributed by atoms with E-state index in [-0.39, 0.29) is 6.03 Å². The van der Waals surface area contributed by atoms with Crippen LogP contribution in [0.3, 0.4) is 0 Å². The smallest absolute Gasteiger partial charge is 0.320 e. The molecule has 0 bridgehead atoms. The quantitative estimate of drug-likeness (QED) is 0.878. The molecular formula is C16H17ClN4O. The molecular weight excluding hydrogens is 300 g/mol. The zero-order valence-electron chi connectivity index (χ0n) is 12.6. The Morgan fingerprint density at radius 1 is 1.36 bits per heavy atom. The van der Waals surface area contributed by atoms with Gasteiger partial charge in [-0.1, -0.05) is 17.7 Å². The molecule has 2 amide bonds. The van der Waals surface area contributed by atoms with E-state index >= 15 is 0 Å². The maximum atomic E-state index is 12.4. The van der Waals surface area contributed by atoms with E-state index in [2.05, 4.69) is 15.3 Å². The molecule has 0 atom stereocenters. The molecule has 5 nitrogen and oxygen atoms in total. The van der Waals surface area contributed by atoms with E-state index in [1.54, 1.807) is 11.0 Å². The number of carbonyl (C=O) groups is 1. The SMILES string of the molecule is Cc1ncc2c(n1)CCN(C(=O)Nc1cc(Cl)ccc1C)C2. The number of fused-ring (bicyclic) bond motifs is 1. The van der Waals surface area contributed by atoms with Crippen LogP contribution in [0.1, 0.15) is 22.6 Å². The highest BCUT2D eigenvalue weighted by molar-refractivity contribution is 6.31. The summed E-state index contributed by atoms with van der Waals surface area (Å²) in [5.41, 5.74) is 3.77. The Kier molecular flexibility index (Phi) is 3.98. The van der Waals surface area contributed by atoms with Gasteiger partial charge in [0, 0.05) is 35.4 Å². The van der Waals surface area contributed by atoms with Crippen molar-refractivity contribution in [1.82, 2.24) is 14.9 Å². The van der Waals surface area contributed by atoms with Gasteiger partial charge in [-0.3, -0.25) is 0 Å². The summed E-state index contributed by atoms with van der Waals surface area (Å²) >= 11 is 5.99. The molecule has 22 heavy (non-hydrogen) atoms. The highest BCUT2D eigenvalue weighted by Crippen LogP contribution is 2.22. The van der Waals surface area contributed by atoms with Crippen LogP contribution in [-0.2, 0) is 13.0 Å². The molecule has 0 unspecified atom stereocenters. The zero-order valence-corrected chi connectivity index (χ0v) is 13.3. The number of aryl methyl sites for hydroxylation is 2. The van der Waals surface area contributed by atoms with Crippen molar-refractivity contribution in [3.63, 3.8) is 0 Å². The van der Waals surface area contributed by atoms with E-state index in [4.69, 9.17) is 11.6 Å². The first-order valence-corrected chi connectivity index (χ1v) is 7.54. The summed E-state index contributed by atoms with van der Waals surface area (Å²) in [4.78, 5) is 22.8. The normalized spacial score (nSPS) is 13.7. The molecule has 114 valence electrons. The average molecular weight is 317 g/mol. The van der Waals surface area contributed by atoms with Gasteiger partial charge in [0.2, 0.25) is 0 Å². The minimum Gasteiger partial charge on any atom is -0.320 e. The molecule has 0 saturated carbocycles. The Labute approximate surface area is 134 Å². The molecule has 1 N–H and O–H groups in total. The van der Waals surface area contributed by atoms with Crippen LogP contribution in [0.2, 0.25) is 5.02 Å². The third-order valence-electron chi connectivity index (χ3n) is 3.78. The third-order valence-corrected chi connectivity index (χ3v) is 4.02. The van der Waals surface area contributed by atoms with Crippen LogP contribution in [0.4, 0.5) is 10.5 Å². The fourth-order valence-corrected chi connectivity index (χ4v) is 2.68. The molecule has 2 aromatic rings. The molecule has 1 aromatic carbocycles. The first-order valence-electron chi connectivity index (χ1n) is 7.16. The van der Waals surface area contributed by atoms with Crippen LogP contribution in [0.5, 0.6) is 0 Å². The molecule has 1 aliphatic rings. The first-order chi connectivity index (χ1) is 10.5. The molecule has 0 aliphatic carbocycles. The number of rotatable bonds is 1. The highest BCUT2D eigenvalue weighted by atomic mass is 35.5. The summed E-state index contributed by atoms with van der Waals surface area (Å²) < 4.78 is 0. The van der Waals surface area contributed by atoms with E-state index in [1.165, 1.54) is 0 Å². The van der Waals surface area contributed by atoms with Crippen LogP contribution >= 0.6 is 11.6 Å². The molecule has 1 aromatic heterocycles. The maximum Gasteiger partial charge on any atom is 0.322 e. The van der Waals surface area contributed by atoms with Crippen molar-refractivity contribution in [2.24, 2.45) is 0 Å². The Bertz CT molecular complexity index is 732. The van der Waals surface area contributed by atoms with Crippen LogP contribution in [0, 0.1) is 13.8 Å². The fraction of sp³-hybridized carbons (Fsp3) is 0.312. The van der Waals surface area contributed by atoms with E-state index in [1.807, 2.05) is 32.2 Å². The number of nitrogens with zero attached hydrogens (tertiary/aromatic N) is 3. The molecule has 0 spiro atoms. The van der Waals surface area contributed by atoms with Gasteiger partial charge in [0.1, 0.15) is 5.82 Å². The Balaban J connectivity index is 1.74. The van der Waals surface area contributed by atoms with Gasteiger partial charge in [-0.05, 0) is 31.5 Å². The highest BCUT2D eigenvalue weighted by Gasteiger charge is 2.22. The number of hydrogen-bond acceptors (Lipinski definition) is 3. The third kappa shape index (κ3) is 3.04. The maximum absolute atomic E-state index is 12.4. The van der Waals surface area contributed by atoms with E-state index in [9.17, 15) is 4.79 Å². The lowest BCUT2D eigenvalue weighted by molar-refractivity contribution is 0.205. The summed E-state index contributed by atoms with van der Waals surface area (Å²) in [6, 6.07) is 5.33. The largest absolute Gasteiger partial charge is 0.322 e. The number of hydrogen-bond donors (Lipinski definition) is 1. The zero-order chi connectivity index (χ0) is 15.7. The van der Waals surface area contributed by atoms with E-state index in [0.717, 1.165) is 34.8 Å². The topological polar surface area (TPSA) is 58.1 Å². The molecule has 0 fully saturated rings. The van der Waals surface area contributed by atoms with Crippen molar-refractivity contribution in [3.8, 4) is 0 Å². The Morgan fingerprint density at radius 2 is 2.18 bits per heavy atom. The molecule has 0 radical (unpaired) electrons. The Hall–Kier alpha value is -2.14. The number of anilines is 1. The monoisotopic (exact) mass is 316 g/mol. The van der Waals surface area contributed by atoms with Gasteiger partial charge in [-0.2, -0.15) is 0 Å². The average Bonchev–Trinajstić information content (AvgIpc) is 2.50. The number of amides is 2. The second-order valence-electron chi connectivity index (χ2n) is 5.45. The summed E-state index contributed by atoms with van der Waals surface area (Å²) in [5, 5.41) is 3.53. The molecule has 6 heteroatoms. The van der Waals surface area contributed by atoms with E-state index in [0.29, 0.717) is 18.1 Å². The minimum absolute atomic E-state index is 0.128. The second-order valence-corrected chi connectivity index (χ2v) is 5.89. The van der Waals surface area contributed by atoms with Crippen LogP contribution in [0.15, 0.2) is 24.4 Å². The van der Waals surface area contributed by atoms with Crippen LogP contribution < -0.4 is 5.32 Å². The molecule has 0 saturated heterocycles. The number of carbonyl (C=O) groups excluding carboxylic acids is 1. The number of urea groups is 1. The number of aromatic nitrogens is 2. The van der Waals surface area contributed by atoms with Crippen molar-refractivity contribution in [1.29, 1.82) is 0 Å². The first kappa shape index (κ1) is 14.8. The van der Waals surface area contributed by atoms with E-state index < -0.39 is 0 Å². The number of nitrogens with one attached hydrogen (secondary N) is 1. The summed E-state index contributed by atoms with van der Waals surface area (Å²) in [6.07, 6.45) is 2.56. The van der Waals surface area contributed by atoms with Crippen LogP contribution in [0.25, 0.3) is 0 Å². The minimum atomic E-state index is -0.128. The predicted octanol–water partition coefficient (Wildman–Crippen LogP) is 3.34. The molecule has 3 rings (SSSR count). The van der Waals surface area contributed by atoms with Gasteiger partial charge in [0.05, 0.1) is 12.2 Å². The van der Waals surface area contributed by atoms with Crippen molar-refractivity contribution >= 4 is 23.3 Å². The standard InChI is InChI=1S/C16H17ClN4O/c1-10-3-4-13(17)7-15(10)20-16(22)21-6-5-14-12(9-21)8-18-11(2)19-14/h3-4,7-8H,5-6,9H2,1-2H3,(H,20,22). The second kappa shape index (κ2) is 5.93. The van der Waals surface area contributed by atoms with Gasteiger partial charge in [-0.25, -0.2) is 14.8 Å². The van der Waals surface area contributed by atoms with Crippen molar-refractivity contribution in [2.45, 2.75) is 26.8 Å². The van der Waals surface area contributed by atoms with Gasteiger partial charge >= 0.3 is 6.03 Å². The lowest BCUT2D eigenvalue weighted by atomic mass is 10.1. The predicted molar refractivity (Wildman–Crippen MR) is 86.1 cm³/mol. The van der Waals surface area contributed by atoms with Gasteiger partial charge < -0.3 is 10.2 Å². The number of benzene rings is 1. The molecule has 1 aliphatic heterocycles. The molecule has 2 heterocycles. The van der Waals surface area contributed by atoms with Gasteiger partial charge in [-0.15, -0.1) is 0 Å². The van der Waals surface area contributed by atoms with Gasteiger partial charge in [0.15, 0.2) is 0 Å². The number of halogens is 1. The van der Waals surface area contributed by atoms with Crippen molar-refractivity contribution in [3.05, 3.63) is 52.1 Å². The lowest BCUT2D eigenvalue weighted by Gasteiger charge is -2.28. The fourth-order valence-electron chi connectivity index (χ4n) is 2.51. The lowest BCUT2D eigenvalue weighted by Crippen LogP contribution is -2.39. The van der Waals surface area contributed by atoms with Gasteiger partial charge in [0.25, 0.3) is 0 Å². The van der Waals surface area contributed by atoms with Crippen LogP contribution in [-0.4, -0.2) is 27.4 Å². The van der Waals surface area contributed by atoms with Crippen molar-refractivity contribution in [2.75, 3.05) is 11.9 Å². The summed E-state index contributed by atoms with van der Waals surface area (Å²) in [6.45, 7) is 4.99.